The van der Waals surface area contributed by atoms with Gasteiger partial charge in [-0.2, -0.15) is 4.98 Å². The normalized spacial score (nSPS) is 10.3. The average Bonchev–Trinajstić information content (AvgIpc) is 2.46. The zero-order valence-electron chi connectivity index (χ0n) is 11.7. The number of anilines is 3. The second kappa shape index (κ2) is 6.65. The summed E-state index contributed by atoms with van der Waals surface area (Å²) >= 11 is 0. The zero-order valence-corrected chi connectivity index (χ0v) is 11.7. The van der Waals surface area contributed by atoms with Crippen molar-refractivity contribution in [2.24, 2.45) is 0 Å². The summed E-state index contributed by atoms with van der Waals surface area (Å²) in [6.07, 6.45) is 4.41. The molecule has 7 heteroatoms. The van der Waals surface area contributed by atoms with E-state index in [9.17, 15) is 10.1 Å². The lowest BCUT2D eigenvalue weighted by Crippen LogP contribution is -2.04. The Labute approximate surface area is 122 Å². The maximum Gasteiger partial charge on any atom is 0.329 e. The second-order valence-corrected chi connectivity index (χ2v) is 4.64. The van der Waals surface area contributed by atoms with Gasteiger partial charge in [-0.3, -0.25) is 10.1 Å². The topological polar surface area (TPSA) is 107 Å². The number of rotatable bonds is 6. The molecule has 0 aliphatic rings. The summed E-state index contributed by atoms with van der Waals surface area (Å²) in [6.45, 7) is 2.15. The van der Waals surface area contributed by atoms with E-state index in [4.69, 9.17) is 5.73 Å². The van der Waals surface area contributed by atoms with Crippen LogP contribution in [-0.2, 0) is 6.42 Å². The molecule has 2 aromatic rings. The summed E-state index contributed by atoms with van der Waals surface area (Å²) in [4.78, 5) is 17.9. The van der Waals surface area contributed by atoms with Crippen molar-refractivity contribution in [2.75, 3.05) is 11.1 Å². The highest BCUT2D eigenvalue weighted by molar-refractivity contribution is 5.65. The lowest BCUT2D eigenvalue weighted by Gasteiger charge is -2.07. The maximum atomic E-state index is 10.9. The number of nitro groups is 1. The van der Waals surface area contributed by atoms with E-state index in [1.165, 1.54) is 5.56 Å². The fourth-order valence-corrected chi connectivity index (χ4v) is 1.89. The first kappa shape index (κ1) is 14.7. The molecule has 0 fully saturated rings. The first-order valence-corrected chi connectivity index (χ1v) is 6.73. The van der Waals surface area contributed by atoms with Crippen LogP contribution in [0.3, 0.4) is 0 Å². The molecule has 0 unspecified atom stereocenters. The van der Waals surface area contributed by atoms with E-state index in [0.717, 1.165) is 31.1 Å². The Morgan fingerprint density at radius 1 is 1.33 bits per heavy atom. The summed E-state index contributed by atoms with van der Waals surface area (Å²) in [7, 11) is 0. The fourth-order valence-electron chi connectivity index (χ4n) is 1.89. The van der Waals surface area contributed by atoms with Gasteiger partial charge in [0.25, 0.3) is 0 Å². The minimum Gasteiger partial charge on any atom is -0.368 e. The summed E-state index contributed by atoms with van der Waals surface area (Å²) in [5.41, 5.74) is 7.22. The Morgan fingerprint density at radius 3 is 2.67 bits per heavy atom. The van der Waals surface area contributed by atoms with Crippen molar-refractivity contribution >= 4 is 23.1 Å². The van der Waals surface area contributed by atoms with Crippen LogP contribution < -0.4 is 11.1 Å². The van der Waals surface area contributed by atoms with Crippen LogP contribution in [0.1, 0.15) is 25.3 Å². The van der Waals surface area contributed by atoms with E-state index >= 15 is 0 Å². The highest BCUT2D eigenvalue weighted by Gasteiger charge is 2.16. The van der Waals surface area contributed by atoms with Gasteiger partial charge in [-0.25, -0.2) is 4.98 Å². The Hall–Kier alpha value is -2.70. The van der Waals surface area contributed by atoms with Crippen LogP contribution in [0, 0.1) is 10.1 Å². The van der Waals surface area contributed by atoms with Crippen LogP contribution in [0.25, 0.3) is 0 Å². The van der Waals surface area contributed by atoms with Gasteiger partial charge in [0.15, 0.2) is 0 Å². The standard InChI is InChI=1S/C14H17N5O2/c1-2-3-4-10-5-7-11(8-6-10)17-13-12(19(20)21)9-16-14(15)18-13/h5-9H,2-4H2,1H3,(H3,15,16,17,18). The number of aryl methyl sites for hydroxylation is 1. The Morgan fingerprint density at radius 2 is 2.05 bits per heavy atom. The molecule has 7 nitrogen and oxygen atoms in total. The summed E-state index contributed by atoms with van der Waals surface area (Å²) in [5.74, 6) is 0.0801. The molecule has 0 bridgehead atoms. The van der Waals surface area contributed by atoms with Gasteiger partial charge >= 0.3 is 5.69 Å². The molecule has 21 heavy (non-hydrogen) atoms. The second-order valence-electron chi connectivity index (χ2n) is 4.64. The largest absolute Gasteiger partial charge is 0.368 e. The third kappa shape index (κ3) is 3.88. The summed E-state index contributed by atoms with van der Waals surface area (Å²) in [6, 6.07) is 7.72. The number of nitrogens with zero attached hydrogens (tertiary/aromatic N) is 3. The lowest BCUT2D eigenvalue weighted by atomic mass is 10.1. The predicted octanol–water partition coefficient (Wildman–Crippen LogP) is 3.05. The van der Waals surface area contributed by atoms with Crippen LogP contribution in [0.4, 0.5) is 23.1 Å². The van der Waals surface area contributed by atoms with Crippen LogP contribution in [0.15, 0.2) is 30.5 Å². The third-order valence-electron chi connectivity index (χ3n) is 3.02. The number of hydrogen-bond donors (Lipinski definition) is 2. The van der Waals surface area contributed by atoms with E-state index in [1.54, 1.807) is 0 Å². The molecule has 0 saturated heterocycles. The SMILES string of the molecule is CCCCc1ccc(Nc2nc(N)ncc2[N+](=O)[O-])cc1. The van der Waals surface area contributed by atoms with Crippen LogP contribution in [0.2, 0.25) is 0 Å². The smallest absolute Gasteiger partial charge is 0.329 e. The first-order valence-electron chi connectivity index (χ1n) is 6.73. The number of aromatic nitrogens is 2. The van der Waals surface area contributed by atoms with Gasteiger partial charge in [0, 0.05) is 5.69 Å². The molecule has 0 amide bonds. The van der Waals surface area contributed by atoms with Crippen LogP contribution in [-0.4, -0.2) is 14.9 Å². The van der Waals surface area contributed by atoms with Gasteiger partial charge in [-0.05, 0) is 30.5 Å². The van der Waals surface area contributed by atoms with Gasteiger partial charge in [0.1, 0.15) is 6.20 Å². The summed E-state index contributed by atoms with van der Waals surface area (Å²) in [5, 5.41) is 13.8. The molecule has 110 valence electrons. The van der Waals surface area contributed by atoms with E-state index in [-0.39, 0.29) is 17.5 Å². The Kier molecular flexibility index (Phi) is 4.65. The van der Waals surface area contributed by atoms with Gasteiger partial charge in [0.2, 0.25) is 11.8 Å². The van der Waals surface area contributed by atoms with Crippen molar-refractivity contribution in [3.05, 3.63) is 46.1 Å². The number of nitrogen functional groups attached to an aromatic ring is 1. The monoisotopic (exact) mass is 287 g/mol. The minimum absolute atomic E-state index is 0.0114. The predicted molar refractivity (Wildman–Crippen MR) is 81.4 cm³/mol. The number of hydrogen-bond acceptors (Lipinski definition) is 6. The quantitative estimate of drug-likeness (QED) is 0.624. The molecule has 0 atom stereocenters. The fraction of sp³-hybridized carbons (Fsp3) is 0.286. The van der Waals surface area contributed by atoms with Crippen molar-refractivity contribution < 1.29 is 4.92 Å². The maximum absolute atomic E-state index is 10.9. The number of benzene rings is 1. The van der Waals surface area contributed by atoms with Gasteiger partial charge < -0.3 is 11.1 Å². The third-order valence-corrected chi connectivity index (χ3v) is 3.02. The van der Waals surface area contributed by atoms with Gasteiger partial charge in [-0.15, -0.1) is 0 Å². The molecule has 1 aromatic heterocycles. The molecule has 0 spiro atoms. The van der Waals surface area contributed by atoms with Crippen LogP contribution >= 0.6 is 0 Å². The van der Waals surface area contributed by atoms with Crippen molar-refractivity contribution in [1.29, 1.82) is 0 Å². The molecule has 1 heterocycles. The molecule has 0 saturated carbocycles. The van der Waals surface area contributed by atoms with Gasteiger partial charge in [0.05, 0.1) is 4.92 Å². The lowest BCUT2D eigenvalue weighted by molar-refractivity contribution is -0.384. The molecule has 0 radical (unpaired) electrons. The van der Waals surface area contributed by atoms with Gasteiger partial charge in [-0.1, -0.05) is 25.5 Å². The van der Waals surface area contributed by atoms with Crippen LogP contribution in [0.5, 0.6) is 0 Å². The Bertz CT molecular complexity index is 628. The van der Waals surface area contributed by atoms with Crippen molar-refractivity contribution in [3.63, 3.8) is 0 Å². The molecular weight excluding hydrogens is 270 g/mol. The first-order chi connectivity index (χ1) is 10.1. The molecule has 2 rings (SSSR count). The van der Waals surface area contributed by atoms with E-state index < -0.39 is 4.92 Å². The summed E-state index contributed by atoms with van der Waals surface area (Å²) < 4.78 is 0. The highest BCUT2D eigenvalue weighted by Crippen LogP contribution is 2.25. The number of unbranched alkanes of at least 4 members (excludes halogenated alkanes) is 1. The van der Waals surface area contributed by atoms with Crippen molar-refractivity contribution in [3.8, 4) is 0 Å². The van der Waals surface area contributed by atoms with Crippen molar-refractivity contribution in [1.82, 2.24) is 9.97 Å². The van der Waals surface area contributed by atoms with E-state index in [2.05, 4.69) is 22.2 Å². The number of nitrogens with two attached hydrogens (primary N) is 1. The molecule has 0 aliphatic heterocycles. The highest BCUT2D eigenvalue weighted by atomic mass is 16.6. The zero-order chi connectivity index (χ0) is 15.2. The molecule has 1 aromatic carbocycles. The molecule has 3 N–H and O–H groups in total. The number of nitrogens with one attached hydrogen (secondary N) is 1. The van der Waals surface area contributed by atoms with E-state index in [0.29, 0.717) is 0 Å². The molecular formula is C14H17N5O2. The average molecular weight is 287 g/mol. The van der Waals surface area contributed by atoms with Crippen molar-refractivity contribution in [2.45, 2.75) is 26.2 Å². The molecule has 0 aliphatic carbocycles. The Balaban J connectivity index is 2.18. The van der Waals surface area contributed by atoms with E-state index in [1.807, 2.05) is 24.3 Å². The minimum atomic E-state index is -0.544.